The van der Waals surface area contributed by atoms with Crippen LogP contribution in [0.5, 0.6) is 11.5 Å². The van der Waals surface area contributed by atoms with Crippen LogP contribution in [0, 0.1) is 0 Å². The smallest absolute Gasteiger partial charge is 0.278 e. The van der Waals surface area contributed by atoms with Crippen molar-refractivity contribution in [3.8, 4) is 11.5 Å². The number of hydroxylamine groups is 1. The Labute approximate surface area is 231 Å². The van der Waals surface area contributed by atoms with Crippen molar-refractivity contribution < 1.29 is 34.5 Å². The number of carbonyl (C=O) groups excluding carboxylic acids is 2. The Balaban J connectivity index is 0.000000194. The van der Waals surface area contributed by atoms with Crippen molar-refractivity contribution in [3.63, 3.8) is 0 Å². The maximum Gasteiger partial charge on any atom is 0.278 e. The maximum absolute atomic E-state index is 12.2. The molecule has 5 rings (SSSR count). The molecule has 212 valence electrons. The van der Waals surface area contributed by atoms with Crippen LogP contribution in [0.25, 0.3) is 0 Å². The molecule has 5 N–H and O–H groups in total. The number of ether oxygens (including phenoxy) is 2. The van der Waals surface area contributed by atoms with Gasteiger partial charge in [-0.15, -0.1) is 0 Å². The summed E-state index contributed by atoms with van der Waals surface area (Å²) < 4.78 is 10.5. The molecule has 2 fully saturated rings. The average molecular weight is 552 g/mol. The number of phenolic OH excluding ortho intramolecular Hbond substituents is 2. The molecule has 1 aromatic heterocycles. The lowest BCUT2D eigenvalue weighted by Gasteiger charge is -2.29. The van der Waals surface area contributed by atoms with Gasteiger partial charge in [0.1, 0.15) is 11.5 Å². The molecule has 0 radical (unpaired) electrons. The zero-order chi connectivity index (χ0) is 28.3. The molecule has 0 unspecified atom stereocenters. The highest BCUT2D eigenvalue weighted by Crippen LogP contribution is 2.26. The van der Waals surface area contributed by atoms with E-state index in [1.807, 2.05) is 18.2 Å². The standard InChI is InChI=1S/C17H19N3O3.C11H14N2O4/c21-16-11-14(20-7-9-23-10-8-20)1-2-15(16)17(22)19-12-13-3-5-18-6-4-13;14-10-7-8(13-3-5-17-6-4-13)1-2-9(10)11(15)12-16/h1-6,11,21H,7-10,12H2,(H,19,22);1-2,7,14,16H,3-6H2,(H,12,15). The molecule has 2 aliphatic rings. The van der Waals surface area contributed by atoms with Crippen molar-refractivity contribution in [3.05, 3.63) is 77.6 Å². The molecule has 0 bridgehead atoms. The van der Waals surface area contributed by atoms with E-state index in [2.05, 4.69) is 20.1 Å². The predicted octanol–water partition coefficient (Wildman–Crippen LogP) is 1.90. The first-order chi connectivity index (χ1) is 19.5. The Morgan fingerprint density at radius 1 is 0.750 bits per heavy atom. The van der Waals surface area contributed by atoms with Crippen LogP contribution in [0.1, 0.15) is 26.3 Å². The second-order valence-corrected chi connectivity index (χ2v) is 9.08. The fraction of sp³-hybridized carbons (Fsp3) is 0.321. The van der Waals surface area contributed by atoms with E-state index in [-0.39, 0.29) is 28.5 Å². The average Bonchev–Trinajstić information content (AvgIpc) is 3.01. The van der Waals surface area contributed by atoms with Crippen LogP contribution < -0.4 is 20.6 Å². The number of carbonyl (C=O) groups is 2. The van der Waals surface area contributed by atoms with E-state index in [0.717, 1.165) is 43.1 Å². The van der Waals surface area contributed by atoms with Gasteiger partial charge in [-0.1, -0.05) is 0 Å². The van der Waals surface area contributed by atoms with E-state index in [9.17, 15) is 19.8 Å². The molecule has 2 aliphatic heterocycles. The number of hydrogen-bond donors (Lipinski definition) is 5. The van der Waals surface area contributed by atoms with E-state index in [4.69, 9.17) is 14.7 Å². The zero-order valence-electron chi connectivity index (χ0n) is 22.0. The molecule has 0 saturated carbocycles. The predicted molar refractivity (Wildman–Crippen MR) is 147 cm³/mol. The summed E-state index contributed by atoms with van der Waals surface area (Å²) >= 11 is 0. The Morgan fingerprint density at radius 2 is 1.23 bits per heavy atom. The molecule has 0 spiro atoms. The minimum absolute atomic E-state index is 0.0128. The SMILES string of the molecule is O=C(NCc1ccncc1)c1ccc(N2CCOCC2)cc1O.O=C(NO)c1ccc(N2CCOCC2)cc1O. The number of nitrogens with zero attached hydrogens (tertiary/aromatic N) is 3. The van der Waals surface area contributed by atoms with Gasteiger partial charge < -0.3 is 34.8 Å². The number of aromatic nitrogens is 1. The lowest BCUT2D eigenvalue weighted by atomic mass is 10.1. The monoisotopic (exact) mass is 551 g/mol. The Hall–Kier alpha value is -4.39. The summed E-state index contributed by atoms with van der Waals surface area (Å²) in [5.41, 5.74) is 4.50. The third-order valence-corrected chi connectivity index (χ3v) is 6.51. The molecular formula is C28H33N5O7. The van der Waals surface area contributed by atoms with Crippen molar-refractivity contribution in [2.75, 3.05) is 62.4 Å². The van der Waals surface area contributed by atoms with Crippen molar-refractivity contribution in [1.82, 2.24) is 15.8 Å². The van der Waals surface area contributed by atoms with Gasteiger partial charge in [0.15, 0.2) is 0 Å². The van der Waals surface area contributed by atoms with Crippen LogP contribution in [0.3, 0.4) is 0 Å². The number of rotatable bonds is 6. The molecule has 12 heteroatoms. The Morgan fingerprint density at radius 3 is 1.68 bits per heavy atom. The highest BCUT2D eigenvalue weighted by atomic mass is 16.5. The highest BCUT2D eigenvalue weighted by Gasteiger charge is 2.17. The van der Waals surface area contributed by atoms with Gasteiger partial charge in [0.2, 0.25) is 0 Å². The largest absolute Gasteiger partial charge is 0.507 e. The lowest BCUT2D eigenvalue weighted by molar-refractivity contribution is 0.0703. The number of pyridine rings is 1. The number of nitrogens with one attached hydrogen (secondary N) is 2. The van der Waals surface area contributed by atoms with E-state index in [1.54, 1.807) is 30.6 Å². The highest BCUT2D eigenvalue weighted by molar-refractivity contribution is 5.97. The third kappa shape index (κ3) is 7.59. The summed E-state index contributed by atoms with van der Waals surface area (Å²) in [7, 11) is 0. The summed E-state index contributed by atoms with van der Waals surface area (Å²) in [6.07, 6.45) is 3.35. The fourth-order valence-electron chi connectivity index (χ4n) is 4.30. The third-order valence-electron chi connectivity index (χ3n) is 6.51. The van der Waals surface area contributed by atoms with Crippen LogP contribution >= 0.6 is 0 Å². The topological polar surface area (TPSA) is 157 Å². The van der Waals surface area contributed by atoms with Crippen molar-refractivity contribution >= 4 is 23.2 Å². The number of amides is 2. The summed E-state index contributed by atoms with van der Waals surface area (Å²) in [4.78, 5) is 31.5. The molecule has 40 heavy (non-hydrogen) atoms. The minimum Gasteiger partial charge on any atom is -0.507 e. The first-order valence-electron chi connectivity index (χ1n) is 12.9. The molecule has 2 amide bonds. The van der Waals surface area contributed by atoms with Gasteiger partial charge in [0, 0.05) is 68.6 Å². The molecule has 3 heterocycles. The second-order valence-electron chi connectivity index (χ2n) is 9.08. The van der Waals surface area contributed by atoms with Crippen molar-refractivity contribution in [1.29, 1.82) is 0 Å². The van der Waals surface area contributed by atoms with Crippen LogP contribution in [-0.4, -0.2) is 84.8 Å². The van der Waals surface area contributed by atoms with Gasteiger partial charge >= 0.3 is 0 Å². The second kappa shape index (κ2) is 14.1. The number of anilines is 2. The summed E-state index contributed by atoms with van der Waals surface area (Å²) in [5.74, 6) is -1.19. The van der Waals surface area contributed by atoms with Gasteiger partial charge in [0.25, 0.3) is 11.8 Å². The van der Waals surface area contributed by atoms with Gasteiger partial charge in [-0.05, 0) is 42.0 Å². The van der Waals surface area contributed by atoms with Gasteiger partial charge in [-0.3, -0.25) is 19.8 Å². The van der Waals surface area contributed by atoms with Gasteiger partial charge in [0.05, 0.1) is 37.6 Å². The van der Waals surface area contributed by atoms with Gasteiger partial charge in [-0.25, -0.2) is 5.48 Å². The lowest BCUT2D eigenvalue weighted by Crippen LogP contribution is -2.36. The van der Waals surface area contributed by atoms with Crippen LogP contribution in [0.4, 0.5) is 11.4 Å². The first kappa shape index (κ1) is 28.6. The van der Waals surface area contributed by atoms with E-state index in [1.165, 1.54) is 17.6 Å². The minimum atomic E-state index is -0.726. The van der Waals surface area contributed by atoms with Crippen LogP contribution in [-0.2, 0) is 16.0 Å². The zero-order valence-corrected chi connectivity index (χ0v) is 22.0. The number of phenols is 2. The molecule has 2 saturated heterocycles. The summed E-state index contributed by atoms with van der Waals surface area (Å²) in [5, 5.41) is 31.1. The first-order valence-corrected chi connectivity index (χ1v) is 12.9. The quantitative estimate of drug-likeness (QED) is 0.226. The Bertz CT molecular complexity index is 1280. The van der Waals surface area contributed by atoms with Crippen molar-refractivity contribution in [2.45, 2.75) is 6.54 Å². The molecular weight excluding hydrogens is 518 g/mol. The van der Waals surface area contributed by atoms with E-state index >= 15 is 0 Å². The summed E-state index contributed by atoms with van der Waals surface area (Å²) in [6, 6.07) is 13.5. The van der Waals surface area contributed by atoms with E-state index in [0.29, 0.717) is 33.0 Å². The van der Waals surface area contributed by atoms with E-state index < -0.39 is 5.91 Å². The number of aromatic hydroxyl groups is 2. The number of hydrogen-bond acceptors (Lipinski definition) is 10. The maximum atomic E-state index is 12.2. The molecule has 0 aliphatic carbocycles. The molecule has 0 atom stereocenters. The van der Waals surface area contributed by atoms with Gasteiger partial charge in [-0.2, -0.15) is 0 Å². The number of morpholine rings is 2. The Kier molecular flexibility index (Phi) is 10.1. The summed E-state index contributed by atoms with van der Waals surface area (Å²) in [6.45, 7) is 6.13. The van der Waals surface area contributed by atoms with Crippen LogP contribution in [0.2, 0.25) is 0 Å². The normalized spacial score (nSPS) is 15.0. The number of benzene rings is 2. The van der Waals surface area contributed by atoms with Crippen LogP contribution in [0.15, 0.2) is 60.9 Å². The molecule has 12 nitrogen and oxygen atoms in total. The fourth-order valence-corrected chi connectivity index (χ4v) is 4.30. The molecule has 2 aromatic carbocycles. The van der Waals surface area contributed by atoms with Crippen molar-refractivity contribution in [2.24, 2.45) is 0 Å². The molecule has 3 aromatic rings.